The second kappa shape index (κ2) is 9.72. The van der Waals surface area contributed by atoms with Gasteiger partial charge in [-0.3, -0.25) is 9.55 Å². The van der Waals surface area contributed by atoms with Crippen LogP contribution >= 0.6 is 11.8 Å². The molecule has 2 aromatic carbocycles. The molecule has 0 aliphatic rings. The third-order valence-electron chi connectivity index (χ3n) is 4.39. The van der Waals surface area contributed by atoms with Crippen molar-refractivity contribution >= 4 is 11.8 Å². The van der Waals surface area contributed by atoms with Gasteiger partial charge in [0.1, 0.15) is 5.75 Å². The van der Waals surface area contributed by atoms with E-state index < -0.39 is 0 Å². The van der Waals surface area contributed by atoms with E-state index in [0.717, 1.165) is 28.0 Å². The zero-order valence-corrected chi connectivity index (χ0v) is 17.0. The molecule has 0 unspecified atom stereocenters. The van der Waals surface area contributed by atoms with Crippen LogP contribution in [0.5, 0.6) is 5.75 Å². The first kappa shape index (κ1) is 19.7. The van der Waals surface area contributed by atoms with Gasteiger partial charge < -0.3 is 4.74 Å². The molecule has 0 aliphatic heterocycles. The number of hydrogen-bond donors (Lipinski definition) is 0. The summed E-state index contributed by atoms with van der Waals surface area (Å²) in [5.41, 5.74) is 2.73. The van der Waals surface area contributed by atoms with Gasteiger partial charge in [0, 0.05) is 23.7 Å². The highest BCUT2D eigenvalue weighted by atomic mass is 32.2. The first-order chi connectivity index (χ1) is 14.8. The Labute approximate surface area is 179 Å². The number of benzene rings is 2. The molecule has 0 atom stereocenters. The Hall–Kier alpha value is -3.63. The van der Waals surface area contributed by atoms with Crippen LogP contribution in [0.15, 0.2) is 84.3 Å². The molecule has 0 radical (unpaired) electrons. The number of hydrogen-bond acceptors (Lipinski definition) is 6. The second-order valence-electron chi connectivity index (χ2n) is 6.45. The summed E-state index contributed by atoms with van der Waals surface area (Å²) in [6.07, 6.45) is 3.55. The van der Waals surface area contributed by atoms with Gasteiger partial charge in [-0.15, -0.1) is 10.2 Å². The lowest BCUT2D eigenvalue weighted by molar-refractivity contribution is 0.344. The van der Waals surface area contributed by atoms with Gasteiger partial charge >= 0.3 is 0 Å². The van der Waals surface area contributed by atoms with E-state index in [0.29, 0.717) is 18.7 Å². The molecule has 148 valence electrons. The molecule has 0 aliphatic carbocycles. The summed E-state index contributed by atoms with van der Waals surface area (Å²) in [5.74, 6) is 2.26. The summed E-state index contributed by atoms with van der Waals surface area (Å²) in [5, 5.41) is 18.5. The van der Waals surface area contributed by atoms with E-state index in [-0.39, 0.29) is 0 Å². The first-order valence-corrected chi connectivity index (χ1v) is 10.5. The summed E-state index contributed by atoms with van der Waals surface area (Å²) in [6.45, 7) is 1.20. The minimum absolute atomic E-state index is 0.525. The molecule has 7 heteroatoms. The molecule has 4 rings (SSSR count). The lowest BCUT2D eigenvalue weighted by atomic mass is 10.2. The number of thioether (sulfide) groups is 1. The molecule has 0 amide bonds. The van der Waals surface area contributed by atoms with Crippen molar-refractivity contribution in [2.75, 3.05) is 12.4 Å². The summed E-state index contributed by atoms with van der Waals surface area (Å²) in [7, 11) is 0. The van der Waals surface area contributed by atoms with Crippen molar-refractivity contribution in [3.63, 3.8) is 0 Å². The van der Waals surface area contributed by atoms with Crippen LogP contribution in [-0.2, 0) is 6.54 Å². The van der Waals surface area contributed by atoms with Crippen LogP contribution in [0.1, 0.15) is 11.1 Å². The summed E-state index contributed by atoms with van der Waals surface area (Å²) >= 11 is 1.60. The zero-order valence-electron chi connectivity index (χ0n) is 16.2. The van der Waals surface area contributed by atoms with Crippen LogP contribution in [0.4, 0.5) is 0 Å². The van der Waals surface area contributed by atoms with E-state index in [1.807, 2.05) is 42.5 Å². The molecule has 0 saturated carbocycles. The van der Waals surface area contributed by atoms with Crippen molar-refractivity contribution in [1.82, 2.24) is 19.7 Å². The number of aromatic nitrogens is 4. The number of nitrogens with zero attached hydrogens (tertiary/aromatic N) is 5. The molecule has 4 aromatic rings. The lowest BCUT2D eigenvalue weighted by Gasteiger charge is -2.11. The first-order valence-electron chi connectivity index (χ1n) is 9.47. The third-order valence-corrected chi connectivity index (χ3v) is 5.32. The van der Waals surface area contributed by atoms with Gasteiger partial charge in [0.15, 0.2) is 11.0 Å². The summed E-state index contributed by atoms with van der Waals surface area (Å²) in [6, 6.07) is 23.4. The molecule has 2 heterocycles. The maximum Gasteiger partial charge on any atom is 0.191 e. The molecule has 0 spiro atoms. The van der Waals surface area contributed by atoms with E-state index in [1.54, 1.807) is 36.3 Å². The van der Waals surface area contributed by atoms with E-state index in [2.05, 4.69) is 38.0 Å². The van der Waals surface area contributed by atoms with Crippen molar-refractivity contribution in [2.45, 2.75) is 11.7 Å². The van der Waals surface area contributed by atoms with E-state index >= 15 is 0 Å². The predicted molar refractivity (Wildman–Crippen MR) is 116 cm³/mol. The van der Waals surface area contributed by atoms with Crippen LogP contribution in [0.2, 0.25) is 0 Å². The molecule has 0 N–H and O–H groups in total. The van der Waals surface area contributed by atoms with Crippen molar-refractivity contribution < 1.29 is 4.74 Å². The van der Waals surface area contributed by atoms with Crippen LogP contribution in [0.25, 0.3) is 11.4 Å². The van der Waals surface area contributed by atoms with Crippen molar-refractivity contribution in [1.29, 1.82) is 5.26 Å². The Kier molecular flexibility index (Phi) is 6.38. The van der Waals surface area contributed by atoms with Gasteiger partial charge in [-0.1, -0.05) is 42.1 Å². The Morgan fingerprint density at radius 1 is 0.967 bits per heavy atom. The zero-order chi connectivity index (χ0) is 20.6. The number of nitriles is 1. The normalized spacial score (nSPS) is 10.5. The average Bonchev–Trinajstić information content (AvgIpc) is 3.20. The summed E-state index contributed by atoms with van der Waals surface area (Å²) < 4.78 is 7.89. The molecule has 6 nitrogen and oxygen atoms in total. The number of pyridine rings is 1. The van der Waals surface area contributed by atoms with Crippen molar-refractivity contribution in [3.05, 3.63) is 90.3 Å². The van der Waals surface area contributed by atoms with Crippen molar-refractivity contribution in [3.8, 4) is 23.2 Å². The predicted octanol–water partition coefficient (Wildman–Crippen LogP) is 4.43. The largest absolute Gasteiger partial charge is 0.493 e. The van der Waals surface area contributed by atoms with Crippen LogP contribution < -0.4 is 4.74 Å². The average molecular weight is 414 g/mol. The van der Waals surface area contributed by atoms with Gasteiger partial charge in [0.2, 0.25) is 0 Å². The maximum atomic E-state index is 8.87. The Morgan fingerprint density at radius 3 is 2.53 bits per heavy atom. The van der Waals surface area contributed by atoms with Crippen molar-refractivity contribution in [2.24, 2.45) is 0 Å². The molecule has 0 bridgehead atoms. The Morgan fingerprint density at radius 2 is 1.80 bits per heavy atom. The molecular weight excluding hydrogens is 394 g/mol. The molecule has 0 fully saturated rings. The number of rotatable bonds is 8. The Balaban J connectivity index is 1.46. The summed E-state index contributed by atoms with van der Waals surface area (Å²) in [4.78, 5) is 4.21. The fourth-order valence-electron chi connectivity index (χ4n) is 2.93. The van der Waals surface area contributed by atoms with Crippen LogP contribution in [-0.4, -0.2) is 32.1 Å². The standard InChI is InChI=1S/C23H19N5OS/c24-15-18-8-10-21(11-9-18)29-13-14-30-23-27-26-22(20-7-4-12-25-16-20)28(23)17-19-5-2-1-3-6-19/h1-12,16H,13-14,17H2. The van der Waals surface area contributed by atoms with E-state index in [9.17, 15) is 0 Å². The minimum Gasteiger partial charge on any atom is -0.493 e. The van der Waals surface area contributed by atoms with Crippen LogP contribution in [0, 0.1) is 11.3 Å². The lowest BCUT2D eigenvalue weighted by Crippen LogP contribution is -2.06. The van der Waals surface area contributed by atoms with E-state index in [1.165, 1.54) is 5.56 Å². The van der Waals surface area contributed by atoms with Gasteiger partial charge in [0.25, 0.3) is 0 Å². The molecule has 0 saturated heterocycles. The Bertz CT molecular complexity index is 1120. The maximum absolute atomic E-state index is 8.87. The molecule has 30 heavy (non-hydrogen) atoms. The second-order valence-corrected chi connectivity index (χ2v) is 7.51. The van der Waals surface area contributed by atoms with Gasteiger partial charge in [-0.05, 0) is 42.0 Å². The van der Waals surface area contributed by atoms with Gasteiger partial charge in [-0.25, -0.2) is 0 Å². The van der Waals surface area contributed by atoms with Crippen LogP contribution in [0.3, 0.4) is 0 Å². The highest BCUT2D eigenvalue weighted by Gasteiger charge is 2.15. The highest BCUT2D eigenvalue weighted by Crippen LogP contribution is 2.25. The number of ether oxygens (including phenoxy) is 1. The smallest absolute Gasteiger partial charge is 0.191 e. The van der Waals surface area contributed by atoms with Gasteiger partial charge in [-0.2, -0.15) is 5.26 Å². The fourth-order valence-corrected chi connectivity index (χ4v) is 3.69. The minimum atomic E-state index is 0.525. The molecular formula is C23H19N5OS. The molecule has 2 aromatic heterocycles. The SMILES string of the molecule is N#Cc1ccc(OCCSc2nnc(-c3cccnc3)n2Cc2ccccc2)cc1. The topological polar surface area (TPSA) is 76.6 Å². The van der Waals surface area contributed by atoms with Gasteiger partial charge in [0.05, 0.1) is 24.8 Å². The quantitative estimate of drug-likeness (QED) is 0.314. The third kappa shape index (κ3) is 4.85. The monoisotopic (exact) mass is 413 g/mol. The van der Waals surface area contributed by atoms with E-state index in [4.69, 9.17) is 10.00 Å². The fraction of sp³-hybridized carbons (Fsp3) is 0.130. The highest BCUT2D eigenvalue weighted by molar-refractivity contribution is 7.99.